The van der Waals surface area contributed by atoms with Gasteiger partial charge in [-0.05, 0) is 24.1 Å². The minimum atomic E-state index is 0.794. The van der Waals surface area contributed by atoms with Crippen LogP contribution in [-0.4, -0.2) is 16.5 Å². The quantitative estimate of drug-likeness (QED) is 0.701. The first-order chi connectivity index (χ1) is 7.45. The molecule has 1 aromatic carbocycles. The van der Waals surface area contributed by atoms with Crippen LogP contribution in [0.25, 0.3) is 0 Å². The standard InChI is InChI=1S/C12H11N3/c1-2-5-11-10(4-1)6-9-15(11)12-13-7-3-8-14-12/h1-5,7-8H,6,9H2. The molecule has 15 heavy (non-hydrogen) atoms. The zero-order chi connectivity index (χ0) is 10.1. The highest BCUT2D eigenvalue weighted by Gasteiger charge is 2.20. The predicted molar refractivity (Wildman–Crippen MR) is 59.2 cm³/mol. The summed E-state index contributed by atoms with van der Waals surface area (Å²) in [6.45, 7) is 0.976. The number of hydrogen-bond donors (Lipinski definition) is 0. The van der Waals surface area contributed by atoms with E-state index in [9.17, 15) is 0 Å². The van der Waals surface area contributed by atoms with Gasteiger partial charge in [-0.1, -0.05) is 18.2 Å². The van der Waals surface area contributed by atoms with Gasteiger partial charge in [-0.25, -0.2) is 9.97 Å². The predicted octanol–water partition coefficient (Wildman–Crippen LogP) is 2.17. The Morgan fingerprint density at radius 1 is 1.00 bits per heavy atom. The maximum Gasteiger partial charge on any atom is 0.229 e. The largest absolute Gasteiger partial charge is 0.310 e. The van der Waals surface area contributed by atoms with Crippen LogP contribution in [0.5, 0.6) is 0 Å². The van der Waals surface area contributed by atoms with Crippen LogP contribution in [0.3, 0.4) is 0 Å². The molecule has 3 heteroatoms. The van der Waals surface area contributed by atoms with Crippen LogP contribution in [0.4, 0.5) is 11.6 Å². The Kier molecular flexibility index (Phi) is 1.88. The van der Waals surface area contributed by atoms with Gasteiger partial charge in [0.15, 0.2) is 0 Å². The smallest absolute Gasteiger partial charge is 0.229 e. The minimum Gasteiger partial charge on any atom is -0.310 e. The fraction of sp³-hybridized carbons (Fsp3) is 0.167. The lowest BCUT2D eigenvalue weighted by Gasteiger charge is -2.16. The molecular weight excluding hydrogens is 186 g/mol. The number of nitrogens with zero attached hydrogens (tertiary/aromatic N) is 3. The SMILES string of the molecule is c1cnc(N2CCc3ccccc32)nc1. The van der Waals surface area contributed by atoms with E-state index >= 15 is 0 Å². The molecular formula is C12H11N3. The fourth-order valence-corrected chi connectivity index (χ4v) is 1.98. The number of rotatable bonds is 1. The zero-order valence-corrected chi connectivity index (χ0v) is 8.30. The number of para-hydroxylation sites is 1. The summed E-state index contributed by atoms with van der Waals surface area (Å²) in [5.41, 5.74) is 2.62. The second kappa shape index (κ2) is 3.35. The van der Waals surface area contributed by atoms with Crippen LogP contribution in [-0.2, 0) is 6.42 Å². The summed E-state index contributed by atoms with van der Waals surface area (Å²) in [5, 5.41) is 0. The van der Waals surface area contributed by atoms with E-state index in [0.29, 0.717) is 0 Å². The first kappa shape index (κ1) is 8.41. The maximum absolute atomic E-state index is 4.27. The van der Waals surface area contributed by atoms with Crippen LogP contribution >= 0.6 is 0 Å². The van der Waals surface area contributed by atoms with Crippen LogP contribution in [0.1, 0.15) is 5.56 Å². The van der Waals surface area contributed by atoms with Gasteiger partial charge >= 0.3 is 0 Å². The monoisotopic (exact) mass is 197 g/mol. The number of hydrogen-bond acceptors (Lipinski definition) is 3. The van der Waals surface area contributed by atoms with E-state index in [-0.39, 0.29) is 0 Å². The lowest BCUT2D eigenvalue weighted by molar-refractivity contribution is 0.940. The Balaban J connectivity index is 2.05. The summed E-state index contributed by atoms with van der Waals surface area (Å²) in [6.07, 6.45) is 4.64. The third kappa shape index (κ3) is 1.36. The average molecular weight is 197 g/mol. The molecule has 0 spiro atoms. The van der Waals surface area contributed by atoms with Crippen molar-refractivity contribution in [2.24, 2.45) is 0 Å². The molecule has 0 fully saturated rings. The van der Waals surface area contributed by atoms with Crippen molar-refractivity contribution in [3.05, 3.63) is 48.3 Å². The first-order valence-corrected chi connectivity index (χ1v) is 5.07. The molecule has 1 aliphatic rings. The van der Waals surface area contributed by atoms with Gasteiger partial charge in [0.2, 0.25) is 5.95 Å². The molecule has 3 rings (SSSR count). The molecule has 0 atom stereocenters. The maximum atomic E-state index is 4.27. The van der Waals surface area contributed by atoms with E-state index in [1.165, 1.54) is 11.3 Å². The molecule has 0 saturated heterocycles. The molecule has 1 aliphatic heterocycles. The fourth-order valence-electron chi connectivity index (χ4n) is 1.98. The molecule has 2 heterocycles. The van der Waals surface area contributed by atoms with Gasteiger partial charge in [-0.15, -0.1) is 0 Å². The molecule has 74 valence electrons. The van der Waals surface area contributed by atoms with E-state index < -0.39 is 0 Å². The Labute approximate surface area is 88.4 Å². The van der Waals surface area contributed by atoms with E-state index in [1.54, 1.807) is 12.4 Å². The molecule has 1 aromatic heterocycles. The molecule has 3 nitrogen and oxygen atoms in total. The van der Waals surface area contributed by atoms with Crippen molar-refractivity contribution in [3.63, 3.8) is 0 Å². The van der Waals surface area contributed by atoms with E-state index in [2.05, 4.69) is 39.1 Å². The number of anilines is 2. The topological polar surface area (TPSA) is 29.0 Å². The second-order valence-corrected chi connectivity index (χ2v) is 3.58. The summed E-state index contributed by atoms with van der Waals surface area (Å²) in [7, 11) is 0. The molecule has 0 saturated carbocycles. The summed E-state index contributed by atoms with van der Waals surface area (Å²) < 4.78 is 0. The third-order valence-corrected chi connectivity index (χ3v) is 2.68. The third-order valence-electron chi connectivity index (χ3n) is 2.68. The average Bonchev–Trinajstić information content (AvgIpc) is 2.74. The Morgan fingerprint density at radius 2 is 1.80 bits per heavy atom. The molecule has 0 radical (unpaired) electrons. The first-order valence-electron chi connectivity index (χ1n) is 5.07. The Morgan fingerprint density at radius 3 is 2.67 bits per heavy atom. The number of benzene rings is 1. The van der Waals surface area contributed by atoms with Gasteiger partial charge in [0, 0.05) is 24.6 Å². The molecule has 0 amide bonds. The van der Waals surface area contributed by atoms with Gasteiger partial charge in [0.05, 0.1) is 0 Å². The number of fused-ring (bicyclic) bond motifs is 1. The Bertz CT molecular complexity index is 467. The summed E-state index contributed by atoms with van der Waals surface area (Å²) in [5.74, 6) is 0.794. The van der Waals surface area contributed by atoms with E-state index in [0.717, 1.165) is 18.9 Å². The highest BCUT2D eigenvalue weighted by molar-refractivity contribution is 5.65. The lowest BCUT2D eigenvalue weighted by atomic mass is 10.2. The van der Waals surface area contributed by atoms with Crippen molar-refractivity contribution in [3.8, 4) is 0 Å². The molecule has 0 N–H and O–H groups in total. The minimum absolute atomic E-state index is 0.794. The zero-order valence-electron chi connectivity index (χ0n) is 8.30. The van der Waals surface area contributed by atoms with Crippen LogP contribution in [0, 0.1) is 0 Å². The van der Waals surface area contributed by atoms with E-state index in [4.69, 9.17) is 0 Å². The summed E-state index contributed by atoms with van der Waals surface area (Å²) >= 11 is 0. The molecule has 0 bridgehead atoms. The van der Waals surface area contributed by atoms with Crippen molar-refractivity contribution < 1.29 is 0 Å². The van der Waals surface area contributed by atoms with Crippen molar-refractivity contribution in [2.45, 2.75) is 6.42 Å². The van der Waals surface area contributed by atoms with Gasteiger partial charge in [-0.3, -0.25) is 0 Å². The molecule has 0 aliphatic carbocycles. The lowest BCUT2D eigenvalue weighted by Crippen LogP contribution is -2.15. The van der Waals surface area contributed by atoms with Crippen molar-refractivity contribution in [2.75, 3.05) is 11.4 Å². The van der Waals surface area contributed by atoms with Crippen molar-refractivity contribution in [1.82, 2.24) is 9.97 Å². The molecule has 0 unspecified atom stereocenters. The van der Waals surface area contributed by atoms with Crippen LogP contribution in [0.15, 0.2) is 42.7 Å². The van der Waals surface area contributed by atoms with Crippen molar-refractivity contribution in [1.29, 1.82) is 0 Å². The van der Waals surface area contributed by atoms with Crippen molar-refractivity contribution >= 4 is 11.6 Å². The number of aromatic nitrogens is 2. The summed E-state index contributed by atoms with van der Waals surface area (Å²) in [6, 6.07) is 10.3. The van der Waals surface area contributed by atoms with Gasteiger partial charge in [-0.2, -0.15) is 0 Å². The second-order valence-electron chi connectivity index (χ2n) is 3.58. The highest BCUT2D eigenvalue weighted by Crippen LogP contribution is 2.31. The van der Waals surface area contributed by atoms with Crippen LogP contribution < -0.4 is 4.90 Å². The van der Waals surface area contributed by atoms with Gasteiger partial charge in [0.25, 0.3) is 0 Å². The van der Waals surface area contributed by atoms with Gasteiger partial charge < -0.3 is 4.90 Å². The van der Waals surface area contributed by atoms with Crippen LogP contribution in [0.2, 0.25) is 0 Å². The Hall–Kier alpha value is -1.90. The summed E-state index contributed by atoms with van der Waals surface area (Å²) in [4.78, 5) is 10.7. The highest BCUT2D eigenvalue weighted by atomic mass is 15.3. The molecule has 2 aromatic rings. The normalized spacial score (nSPS) is 14.0. The van der Waals surface area contributed by atoms with Gasteiger partial charge in [0.1, 0.15) is 0 Å². The van der Waals surface area contributed by atoms with E-state index in [1.807, 2.05) is 6.07 Å².